The predicted molar refractivity (Wildman–Crippen MR) is 109 cm³/mol. The topological polar surface area (TPSA) is 67.9 Å². The molecule has 0 bridgehead atoms. The van der Waals surface area contributed by atoms with Crippen molar-refractivity contribution in [3.8, 4) is 5.75 Å². The Morgan fingerprint density at radius 3 is 2.57 bits per heavy atom. The highest BCUT2D eigenvalue weighted by atomic mass is 16.5. The lowest BCUT2D eigenvalue weighted by molar-refractivity contribution is -0.122. The van der Waals surface area contributed by atoms with Gasteiger partial charge in [0.25, 0.3) is 5.91 Å². The molecule has 28 heavy (non-hydrogen) atoms. The number of nitrogens with zero attached hydrogens (tertiary/aromatic N) is 1. The van der Waals surface area contributed by atoms with Crippen molar-refractivity contribution in [1.82, 2.24) is 0 Å². The Labute approximate surface area is 165 Å². The highest BCUT2D eigenvalue weighted by Gasteiger charge is 2.17. The Balaban J connectivity index is 1.63. The number of benzene rings is 2. The first-order valence-corrected chi connectivity index (χ1v) is 9.46. The maximum absolute atomic E-state index is 12.5. The number of amides is 1. The van der Waals surface area contributed by atoms with E-state index in [0.29, 0.717) is 11.3 Å². The number of Topliss-reactive ketones (excluding diaryl/α,β-unsaturated/α-hetero) is 1. The summed E-state index contributed by atoms with van der Waals surface area (Å²) in [6.45, 7) is 8.37. The molecule has 3 rings (SSSR count). The van der Waals surface area contributed by atoms with Crippen LogP contribution >= 0.6 is 0 Å². The molecule has 1 saturated heterocycles. The Kier molecular flexibility index (Phi) is 6.31. The van der Waals surface area contributed by atoms with E-state index < -0.39 is 6.10 Å². The lowest BCUT2D eigenvalue weighted by atomic mass is 10.1. The van der Waals surface area contributed by atoms with E-state index in [9.17, 15) is 9.59 Å². The number of nitrogens with one attached hydrogen (secondary N) is 1. The fraction of sp³-hybridized carbons (Fsp3) is 0.364. The molecule has 1 fully saturated rings. The standard InChI is InChI=1S/C22H26N2O4/c1-15-13-19(24-9-11-27-12-10-24)7-8-21(15)23-22(26)17(3)28-20-6-4-5-18(14-20)16(2)25/h4-8,13-14,17H,9-12H2,1-3H3,(H,23,26). The second-order valence-corrected chi connectivity index (χ2v) is 6.93. The Morgan fingerprint density at radius 1 is 1.14 bits per heavy atom. The smallest absolute Gasteiger partial charge is 0.265 e. The number of ketones is 1. The molecule has 6 nitrogen and oxygen atoms in total. The van der Waals surface area contributed by atoms with E-state index in [2.05, 4.69) is 16.3 Å². The molecule has 1 aliphatic rings. The van der Waals surface area contributed by atoms with Gasteiger partial charge in [-0.25, -0.2) is 0 Å². The number of ether oxygens (including phenoxy) is 2. The van der Waals surface area contributed by atoms with Gasteiger partial charge in [-0.05, 0) is 56.7 Å². The van der Waals surface area contributed by atoms with Crippen LogP contribution in [0, 0.1) is 6.92 Å². The summed E-state index contributed by atoms with van der Waals surface area (Å²) in [5.41, 5.74) is 3.43. The van der Waals surface area contributed by atoms with Crippen molar-refractivity contribution in [2.75, 3.05) is 36.5 Å². The number of rotatable bonds is 6. The number of morpholine rings is 1. The molecule has 0 spiro atoms. The average Bonchev–Trinajstić information content (AvgIpc) is 2.70. The quantitative estimate of drug-likeness (QED) is 0.775. The summed E-state index contributed by atoms with van der Waals surface area (Å²) >= 11 is 0. The summed E-state index contributed by atoms with van der Waals surface area (Å²) < 4.78 is 11.1. The number of aryl methyl sites for hydroxylation is 1. The lowest BCUT2D eigenvalue weighted by Gasteiger charge is -2.29. The zero-order chi connectivity index (χ0) is 20.1. The molecule has 1 N–H and O–H groups in total. The second kappa shape index (κ2) is 8.89. The summed E-state index contributed by atoms with van der Waals surface area (Å²) in [6.07, 6.45) is -0.694. The summed E-state index contributed by atoms with van der Waals surface area (Å²) in [4.78, 5) is 26.3. The second-order valence-electron chi connectivity index (χ2n) is 6.93. The monoisotopic (exact) mass is 382 g/mol. The molecular weight excluding hydrogens is 356 g/mol. The molecule has 1 atom stereocenters. The summed E-state index contributed by atoms with van der Waals surface area (Å²) in [6, 6.07) is 12.8. The van der Waals surface area contributed by atoms with Gasteiger partial charge < -0.3 is 19.7 Å². The van der Waals surface area contributed by atoms with Crippen LogP contribution in [0.15, 0.2) is 42.5 Å². The SMILES string of the molecule is CC(=O)c1cccc(OC(C)C(=O)Nc2ccc(N3CCOCC3)cc2C)c1. The number of carbonyl (C=O) groups excluding carboxylic acids is 2. The van der Waals surface area contributed by atoms with Gasteiger partial charge in [-0.1, -0.05) is 12.1 Å². The number of anilines is 2. The minimum absolute atomic E-state index is 0.0430. The molecule has 1 aliphatic heterocycles. The third-order valence-electron chi connectivity index (χ3n) is 4.77. The van der Waals surface area contributed by atoms with Gasteiger partial charge in [0, 0.05) is 30.0 Å². The predicted octanol–water partition coefficient (Wildman–Crippen LogP) is 3.44. The molecule has 6 heteroatoms. The zero-order valence-corrected chi connectivity index (χ0v) is 16.5. The van der Waals surface area contributed by atoms with E-state index in [1.807, 2.05) is 19.1 Å². The van der Waals surface area contributed by atoms with Crippen LogP contribution in [-0.4, -0.2) is 44.1 Å². The molecule has 0 saturated carbocycles. The molecule has 1 heterocycles. The molecule has 1 amide bonds. The molecular formula is C22H26N2O4. The molecule has 0 aliphatic carbocycles. The Hall–Kier alpha value is -2.86. The molecule has 2 aromatic carbocycles. The van der Waals surface area contributed by atoms with Crippen LogP contribution in [0.4, 0.5) is 11.4 Å². The van der Waals surface area contributed by atoms with Gasteiger partial charge >= 0.3 is 0 Å². The van der Waals surface area contributed by atoms with Crippen molar-refractivity contribution >= 4 is 23.1 Å². The van der Waals surface area contributed by atoms with Gasteiger partial charge in [-0.15, -0.1) is 0 Å². The lowest BCUT2D eigenvalue weighted by Crippen LogP contribution is -2.36. The summed E-state index contributed by atoms with van der Waals surface area (Å²) in [5, 5.41) is 2.92. The minimum Gasteiger partial charge on any atom is -0.481 e. The van der Waals surface area contributed by atoms with Crippen LogP contribution in [0.25, 0.3) is 0 Å². The summed E-state index contributed by atoms with van der Waals surface area (Å²) in [7, 11) is 0. The largest absolute Gasteiger partial charge is 0.481 e. The van der Waals surface area contributed by atoms with E-state index in [1.165, 1.54) is 6.92 Å². The van der Waals surface area contributed by atoms with Crippen molar-refractivity contribution in [2.45, 2.75) is 26.9 Å². The van der Waals surface area contributed by atoms with Crippen molar-refractivity contribution in [2.24, 2.45) is 0 Å². The van der Waals surface area contributed by atoms with Gasteiger partial charge in [0.1, 0.15) is 5.75 Å². The fourth-order valence-corrected chi connectivity index (χ4v) is 3.09. The van der Waals surface area contributed by atoms with Crippen molar-refractivity contribution in [3.05, 3.63) is 53.6 Å². The van der Waals surface area contributed by atoms with Crippen LogP contribution in [-0.2, 0) is 9.53 Å². The first-order valence-electron chi connectivity index (χ1n) is 9.46. The van der Waals surface area contributed by atoms with E-state index in [1.54, 1.807) is 31.2 Å². The van der Waals surface area contributed by atoms with Crippen molar-refractivity contribution < 1.29 is 19.1 Å². The maximum atomic E-state index is 12.5. The van der Waals surface area contributed by atoms with Crippen LogP contribution in [0.2, 0.25) is 0 Å². The number of hydrogen-bond acceptors (Lipinski definition) is 5. The first-order chi connectivity index (χ1) is 13.4. The van der Waals surface area contributed by atoms with Crippen LogP contribution in [0.5, 0.6) is 5.75 Å². The van der Waals surface area contributed by atoms with Crippen molar-refractivity contribution in [3.63, 3.8) is 0 Å². The van der Waals surface area contributed by atoms with Crippen LogP contribution in [0.1, 0.15) is 29.8 Å². The third kappa shape index (κ3) is 4.89. The third-order valence-corrected chi connectivity index (χ3v) is 4.77. The first kappa shape index (κ1) is 19.9. The Morgan fingerprint density at radius 2 is 1.89 bits per heavy atom. The van der Waals surface area contributed by atoms with E-state index >= 15 is 0 Å². The van der Waals surface area contributed by atoms with E-state index in [4.69, 9.17) is 9.47 Å². The molecule has 0 radical (unpaired) electrons. The molecule has 1 unspecified atom stereocenters. The van der Waals surface area contributed by atoms with Crippen molar-refractivity contribution in [1.29, 1.82) is 0 Å². The highest BCUT2D eigenvalue weighted by Crippen LogP contribution is 2.24. The number of hydrogen-bond donors (Lipinski definition) is 1. The van der Waals surface area contributed by atoms with Gasteiger partial charge in [0.15, 0.2) is 11.9 Å². The van der Waals surface area contributed by atoms with Gasteiger partial charge in [-0.3, -0.25) is 9.59 Å². The van der Waals surface area contributed by atoms with Crippen LogP contribution in [0.3, 0.4) is 0 Å². The highest BCUT2D eigenvalue weighted by molar-refractivity contribution is 5.95. The normalized spacial score (nSPS) is 15.0. The van der Waals surface area contributed by atoms with E-state index in [0.717, 1.165) is 43.2 Å². The van der Waals surface area contributed by atoms with Crippen LogP contribution < -0.4 is 15.0 Å². The summed E-state index contributed by atoms with van der Waals surface area (Å²) in [5.74, 6) is 0.212. The molecule has 148 valence electrons. The molecule has 0 aromatic heterocycles. The minimum atomic E-state index is -0.694. The van der Waals surface area contributed by atoms with Gasteiger partial charge in [0.05, 0.1) is 13.2 Å². The molecule has 2 aromatic rings. The Bertz CT molecular complexity index is 859. The zero-order valence-electron chi connectivity index (χ0n) is 16.5. The average molecular weight is 382 g/mol. The van der Waals surface area contributed by atoms with E-state index in [-0.39, 0.29) is 11.7 Å². The van der Waals surface area contributed by atoms with Gasteiger partial charge in [-0.2, -0.15) is 0 Å². The number of carbonyl (C=O) groups is 2. The maximum Gasteiger partial charge on any atom is 0.265 e. The fourth-order valence-electron chi connectivity index (χ4n) is 3.09. The van der Waals surface area contributed by atoms with Gasteiger partial charge in [0.2, 0.25) is 0 Å².